The first-order chi connectivity index (χ1) is 8.27. The summed E-state index contributed by atoms with van der Waals surface area (Å²) in [4.78, 5) is 11.8. The first-order valence-electron chi connectivity index (χ1n) is 5.31. The van der Waals surface area contributed by atoms with E-state index in [0.717, 1.165) is 9.13 Å². The maximum atomic E-state index is 11.8. The van der Waals surface area contributed by atoms with Gasteiger partial charge in [0.25, 0.3) is 0 Å². The highest BCUT2D eigenvalue weighted by Crippen LogP contribution is 2.35. The van der Waals surface area contributed by atoms with Gasteiger partial charge >= 0.3 is 5.63 Å². The molecule has 2 heterocycles. The van der Waals surface area contributed by atoms with Gasteiger partial charge in [-0.1, -0.05) is 30.3 Å². The zero-order valence-electron chi connectivity index (χ0n) is 8.90. The molecule has 0 spiro atoms. The summed E-state index contributed by atoms with van der Waals surface area (Å²) in [6.45, 7) is 0.564. The molecule has 1 aliphatic heterocycles. The molecule has 0 N–H and O–H groups in total. The lowest BCUT2D eigenvalue weighted by atomic mass is 10.1. The van der Waals surface area contributed by atoms with Crippen LogP contribution in [0.1, 0.15) is 5.56 Å². The Hall–Kier alpha value is -1.30. The molecule has 0 saturated carbocycles. The SMILES string of the molecule is O=c1oc(-c2ccccc2)c(I)c2c1CCO2. The Morgan fingerprint density at radius 1 is 1.18 bits per heavy atom. The molecule has 0 radical (unpaired) electrons. The van der Waals surface area contributed by atoms with Gasteiger partial charge in [-0.05, 0) is 22.6 Å². The lowest BCUT2D eigenvalue weighted by Crippen LogP contribution is -2.06. The molecule has 3 nitrogen and oxygen atoms in total. The number of rotatable bonds is 1. The van der Waals surface area contributed by atoms with Gasteiger partial charge in [-0.15, -0.1) is 0 Å². The lowest BCUT2D eigenvalue weighted by Gasteiger charge is -2.06. The van der Waals surface area contributed by atoms with Crippen molar-refractivity contribution in [3.05, 3.63) is 49.9 Å². The van der Waals surface area contributed by atoms with E-state index in [-0.39, 0.29) is 5.63 Å². The molecule has 0 bridgehead atoms. The van der Waals surface area contributed by atoms with Crippen LogP contribution in [0, 0.1) is 3.57 Å². The van der Waals surface area contributed by atoms with Gasteiger partial charge in [0, 0.05) is 12.0 Å². The molecule has 1 aromatic carbocycles. The van der Waals surface area contributed by atoms with Crippen LogP contribution in [0.2, 0.25) is 0 Å². The second-order valence-corrected chi connectivity index (χ2v) is 4.88. The van der Waals surface area contributed by atoms with E-state index >= 15 is 0 Å². The van der Waals surface area contributed by atoms with Gasteiger partial charge in [-0.2, -0.15) is 0 Å². The van der Waals surface area contributed by atoms with E-state index < -0.39 is 0 Å². The van der Waals surface area contributed by atoms with Gasteiger partial charge in [0.15, 0.2) is 5.76 Å². The Labute approximate surface area is 112 Å². The fourth-order valence-corrected chi connectivity index (χ4v) is 2.83. The minimum Gasteiger partial charge on any atom is -0.491 e. The summed E-state index contributed by atoms with van der Waals surface area (Å²) in [5.41, 5.74) is 1.28. The zero-order chi connectivity index (χ0) is 11.8. The summed E-state index contributed by atoms with van der Waals surface area (Å²) in [6, 6.07) is 9.60. The van der Waals surface area contributed by atoms with E-state index in [9.17, 15) is 4.79 Å². The predicted octanol–water partition coefficient (Wildman–Crippen LogP) is 2.85. The molecule has 1 aliphatic rings. The molecule has 0 unspecified atom stereocenters. The Kier molecular flexibility index (Phi) is 2.66. The number of ether oxygens (including phenoxy) is 1. The standard InChI is InChI=1S/C13H9IO3/c14-10-11(8-4-2-1-3-5-8)17-13(15)9-6-7-16-12(9)10/h1-5H,6-7H2. The third-order valence-electron chi connectivity index (χ3n) is 2.75. The van der Waals surface area contributed by atoms with Crippen LogP contribution in [0.15, 0.2) is 39.5 Å². The summed E-state index contributed by atoms with van der Waals surface area (Å²) in [5.74, 6) is 1.29. The number of halogens is 1. The highest BCUT2D eigenvalue weighted by molar-refractivity contribution is 14.1. The molecule has 0 amide bonds. The third kappa shape index (κ3) is 1.76. The van der Waals surface area contributed by atoms with Crippen molar-refractivity contribution >= 4 is 22.6 Å². The average molecular weight is 340 g/mol. The molecule has 3 rings (SSSR count). The van der Waals surface area contributed by atoms with Gasteiger partial charge in [0.1, 0.15) is 5.75 Å². The van der Waals surface area contributed by atoms with Crippen molar-refractivity contribution in [1.29, 1.82) is 0 Å². The third-order valence-corrected chi connectivity index (χ3v) is 3.73. The second-order valence-electron chi connectivity index (χ2n) is 3.80. The van der Waals surface area contributed by atoms with Crippen molar-refractivity contribution in [2.24, 2.45) is 0 Å². The summed E-state index contributed by atoms with van der Waals surface area (Å²) in [5, 5.41) is 0. The van der Waals surface area contributed by atoms with Crippen LogP contribution < -0.4 is 10.4 Å². The molecular formula is C13H9IO3. The van der Waals surface area contributed by atoms with E-state index in [1.165, 1.54) is 0 Å². The number of hydrogen-bond donors (Lipinski definition) is 0. The minimum absolute atomic E-state index is 0.281. The van der Waals surface area contributed by atoms with Crippen LogP contribution in [0.3, 0.4) is 0 Å². The monoisotopic (exact) mass is 340 g/mol. The summed E-state index contributed by atoms with van der Waals surface area (Å²) in [7, 11) is 0. The van der Waals surface area contributed by atoms with Crippen molar-refractivity contribution < 1.29 is 9.15 Å². The second kappa shape index (κ2) is 4.18. The highest BCUT2D eigenvalue weighted by atomic mass is 127. The molecule has 2 aromatic rings. The normalized spacial score (nSPS) is 13.2. The average Bonchev–Trinajstić information content (AvgIpc) is 2.85. The molecule has 0 atom stereocenters. The maximum absolute atomic E-state index is 11.8. The fraction of sp³-hybridized carbons (Fsp3) is 0.154. The summed E-state index contributed by atoms with van der Waals surface area (Å²) >= 11 is 2.17. The molecule has 0 saturated heterocycles. The molecular weight excluding hydrogens is 331 g/mol. The predicted molar refractivity (Wildman–Crippen MR) is 72.3 cm³/mol. The molecule has 17 heavy (non-hydrogen) atoms. The highest BCUT2D eigenvalue weighted by Gasteiger charge is 2.24. The first-order valence-corrected chi connectivity index (χ1v) is 6.39. The van der Waals surface area contributed by atoms with Crippen molar-refractivity contribution in [3.63, 3.8) is 0 Å². The van der Waals surface area contributed by atoms with Crippen LogP contribution in [0.4, 0.5) is 0 Å². The van der Waals surface area contributed by atoms with Gasteiger partial charge in [0.05, 0.1) is 15.7 Å². The Bertz CT molecular complexity index is 617. The Morgan fingerprint density at radius 3 is 2.71 bits per heavy atom. The molecule has 1 aromatic heterocycles. The molecule has 4 heteroatoms. The number of fused-ring (bicyclic) bond motifs is 1. The van der Waals surface area contributed by atoms with Gasteiger partial charge in [0.2, 0.25) is 0 Å². The van der Waals surface area contributed by atoms with Crippen LogP contribution >= 0.6 is 22.6 Å². The largest absolute Gasteiger partial charge is 0.491 e. The van der Waals surface area contributed by atoms with Crippen molar-refractivity contribution in [2.45, 2.75) is 6.42 Å². The van der Waals surface area contributed by atoms with E-state index in [1.807, 2.05) is 30.3 Å². The molecule has 86 valence electrons. The minimum atomic E-state index is -0.281. The first kappa shape index (κ1) is 10.8. The van der Waals surface area contributed by atoms with E-state index in [1.54, 1.807) is 0 Å². The van der Waals surface area contributed by atoms with Crippen LogP contribution in [0.5, 0.6) is 5.75 Å². The van der Waals surface area contributed by atoms with Crippen molar-refractivity contribution in [1.82, 2.24) is 0 Å². The maximum Gasteiger partial charge on any atom is 0.343 e. The van der Waals surface area contributed by atoms with E-state index in [0.29, 0.717) is 30.1 Å². The van der Waals surface area contributed by atoms with Crippen LogP contribution in [-0.2, 0) is 6.42 Å². The smallest absolute Gasteiger partial charge is 0.343 e. The molecule has 0 aliphatic carbocycles. The zero-order valence-corrected chi connectivity index (χ0v) is 11.1. The number of benzene rings is 1. The van der Waals surface area contributed by atoms with Crippen molar-refractivity contribution in [3.8, 4) is 17.1 Å². The van der Waals surface area contributed by atoms with E-state index in [2.05, 4.69) is 22.6 Å². The van der Waals surface area contributed by atoms with Gasteiger partial charge < -0.3 is 9.15 Å². The van der Waals surface area contributed by atoms with Crippen LogP contribution in [-0.4, -0.2) is 6.61 Å². The summed E-state index contributed by atoms with van der Waals surface area (Å²) in [6.07, 6.45) is 0.642. The fourth-order valence-electron chi connectivity index (χ4n) is 1.92. The topological polar surface area (TPSA) is 39.4 Å². The van der Waals surface area contributed by atoms with E-state index in [4.69, 9.17) is 9.15 Å². The summed E-state index contributed by atoms with van der Waals surface area (Å²) < 4.78 is 11.8. The quantitative estimate of drug-likeness (QED) is 0.750. The Morgan fingerprint density at radius 2 is 1.94 bits per heavy atom. The van der Waals surface area contributed by atoms with Crippen LogP contribution in [0.25, 0.3) is 11.3 Å². The Balaban J connectivity index is 2.26. The van der Waals surface area contributed by atoms with Crippen molar-refractivity contribution in [2.75, 3.05) is 6.61 Å². The number of hydrogen-bond acceptors (Lipinski definition) is 3. The molecule has 0 fully saturated rings. The van der Waals surface area contributed by atoms with Gasteiger partial charge in [-0.25, -0.2) is 4.79 Å². The lowest BCUT2D eigenvalue weighted by molar-refractivity contribution is 0.353. The van der Waals surface area contributed by atoms with Gasteiger partial charge in [-0.3, -0.25) is 0 Å².